The van der Waals surface area contributed by atoms with Crippen molar-refractivity contribution in [3.63, 3.8) is 0 Å². The van der Waals surface area contributed by atoms with E-state index in [0.29, 0.717) is 11.4 Å². The minimum Gasteiger partial charge on any atom is -0.493 e. The molecule has 0 saturated carbocycles. The Hall–Kier alpha value is -3.52. The normalized spacial score (nSPS) is 10.7. The first-order valence-corrected chi connectivity index (χ1v) is 9.58. The van der Waals surface area contributed by atoms with Crippen molar-refractivity contribution in [1.29, 1.82) is 0 Å². The number of benzene rings is 2. The lowest BCUT2D eigenvalue weighted by Gasteiger charge is -2.02. The van der Waals surface area contributed by atoms with Gasteiger partial charge in [-0.25, -0.2) is 18.9 Å². The van der Waals surface area contributed by atoms with E-state index in [9.17, 15) is 9.18 Å². The lowest BCUT2D eigenvalue weighted by Crippen LogP contribution is -2.08. The van der Waals surface area contributed by atoms with Gasteiger partial charge in [-0.2, -0.15) is 5.10 Å². The van der Waals surface area contributed by atoms with Crippen molar-refractivity contribution in [1.82, 2.24) is 14.8 Å². The van der Waals surface area contributed by atoms with Crippen LogP contribution in [0.25, 0.3) is 16.3 Å². The molecule has 0 aliphatic rings. The van der Waals surface area contributed by atoms with E-state index in [-0.39, 0.29) is 18.1 Å². The Balaban J connectivity index is 1.46. The summed E-state index contributed by atoms with van der Waals surface area (Å²) in [5.74, 6) is -0.583. The topological polar surface area (TPSA) is 66.2 Å². The number of thiazole rings is 1. The molecule has 0 N–H and O–H groups in total. The lowest BCUT2D eigenvalue weighted by atomic mass is 10.2. The average molecular weight is 409 g/mol. The highest BCUT2D eigenvalue weighted by Gasteiger charge is 2.20. The number of para-hydroxylation sites is 1. The van der Waals surface area contributed by atoms with E-state index in [2.05, 4.69) is 10.1 Å². The van der Waals surface area contributed by atoms with E-state index >= 15 is 0 Å². The van der Waals surface area contributed by atoms with Crippen LogP contribution in [0.1, 0.15) is 16.2 Å². The van der Waals surface area contributed by atoms with Crippen LogP contribution in [0.15, 0.2) is 66.2 Å². The first kappa shape index (κ1) is 18.8. The maximum Gasteiger partial charge on any atom is 0.363 e. The molecule has 2 aromatic heterocycles. The van der Waals surface area contributed by atoms with Crippen LogP contribution in [0.3, 0.4) is 0 Å². The molecule has 8 heteroatoms. The summed E-state index contributed by atoms with van der Waals surface area (Å²) in [5.41, 5.74) is 2.29. The fourth-order valence-corrected chi connectivity index (χ4v) is 3.48. The summed E-state index contributed by atoms with van der Waals surface area (Å²) < 4.78 is 25.2. The van der Waals surface area contributed by atoms with Crippen LogP contribution < -0.4 is 4.74 Å². The zero-order valence-electron chi connectivity index (χ0n) is 15.4. The number of ether oxygens (including phenoxy) is 2. The largest absolute Gasteiger partial charge is 0.493 e. The lowest BCUT2D eigenvalue weighted by molar-refractivity contribution is 0.0457. The van der Waals surface area contributed by atoms with Crippen molar-refractivity contribution in [2.24, 2.45) is 0 Å². The molecule has 146 valence electrons. The van der Waals surface area contributed by atoms with Crippen molar-refractivity contribution < 1.29 is 18.7 Å². The van der Waals surface area contributed by atoms with E-state index in [1.807, 2.05) is 30.3 Å². The standard InChI is InChI=1S/C21H16FN3O3S/c1-27-18-11-25(17-5-3-2-4-6-17)24-19(18)21(26)28-12-16-13-29-20(23-16)14-7-9-15(22)10-8-14/h2-11,13H,12H2,1H3. The van der Waals surface area contributed by atoms with E-state index in [1.54, 1.807) is 28.4 Å². The molecule has 0 amide bonds. The predicted molar refractivity (Wildman–Crippen MR) is 107 cm³/mol. The number of carbonyl (C=O) groups is 1. The predicted octanol–water partition coefficient (Wildman–Crippen LogP) is 4.50. The van der Waals surface area contributed by atoms with Crippen LogP contribution in [-0.2, 0) is 11.3 Å². The molecule has 0 atom stereocenters. The molecule has 4 aromatic rings. The number of esters is 1. The third-order valence-electron chi connectivity index (χ3n) is 4.11. The Labute approximate surface area is 170 Å². The number of carbonyl (C=O) groups excluding carboxylic acids is 1. The molecule has 2 aromatic carbocycles. The summed E-state index contributed by atoms with van der Waals surface area (Å²) in [6, 6.07) is 15.5. The third-order valence-corrected chi connectivity index (χ3v) is 5.05. The molecule has 0 aliphatic carbocycles. The van der Waals surface area contributed by atoms with Crippen LogP contribution >= 0.6 is 11.3 Å². The molecule has 0 fully saturated rings. The van der Waals surface area contributed by atoms with Gasteiger partial charge < -0.3 is 9.47 Å². The van der Waals surface area contributed by atoms with Crippen LogP contribution in [0.5, 0.6) is 5.75 Å². The van der Waals surface area contributed by atoms with E-state index in [4.69, 9.17) is 9.47 Å². The number of rotatable bonds is 6. The molecule has 2 heterocycles. The van der Waals surface area contributed by atoms with Crippen molar-refractivity contribution in [3.05, 3.63) is 83.4 Å². The van der Waals surface area contributed by atoms with Crippen LogP contribution in [0.2, 0.25) is 0 Å². The van der Waals surface area contributed by atoms with Gasteiger partial charge in [0, 0.05) is 10.9 Å². The second-order valence-corrected chi connectivity index (χ2v) is 6.91. The number of halogens is 1. The van der Waals surface area contributed by atoms with Crippen LogP contribution in [0, 0.1) is 5.82 Å². The molecular weight excluding hydrogens is 393 g/mol. The number of hydrogen-bond donors (Lipinski definition) is 0. The minimum absolute atomic E-state index is 0.00210. The minimum atomic E-state index is -0.604. The molecule has 0 aliphatic heterocycles. The SMILES string of the molecule is COc1cn(-c2ccccc2)nc1C(=O)OCc1csc(-c2ccc(F)cc2)n1. The zero-order valence-corrected chi connectivity index (χ0v) is 16.2. The summed E-state index contributed by atoms with van der Waals surface area (Å²) in [4.78, 5) is 16.9. The van der Waals surface area contributed by atoms with Crippen LogP contribution in [-0.4, -0.2) is 27.8 Å². The molecule has 0 radical (unpaired) electrons. The summed E-state index contributed by atoms with van der Waals surface area (Å²) in [7, 11) is 1.47. The van der Waals surface area contributed by atoms with Crippen LogP contribution in [0.4, 0.5) is 4.39 Å². The second-order valence-electron chi connectivity index (χ2n) is 6.05. The van der Waals surface area contributed by atoms with Gasteiger partial charge in [0.2, 0.25) is 5.69 Å². The Bertz CT molecular complexity index is 1120. The van der Waals surface area contributed by atoms with Gasteiger partial charge in [0.1, 0.15) is 17.4 Å². The number of methoxy groups -OCH3 is 1. The van der Waals surface area contributed by atoms with E-state index < -0.39 is 5.97 Å². The van der Waals surface area contributed by atoms with Crippen molar-refractivity contribution in [2.75, 3.05) is 7.11 Å². The monoisotopic (exact) mass is 409 g/mol. The van der Waals surface area contributed by atoms with Gasteiger partial charge >= 0.3 is 5.97 Å². The van der Waals surface area contributed by atoms with Gasteiger partial charge in [0.15, 0.2) is 5.75 Å². The summed E-state index contributed by atoms with van der Waals surface area (Å²) in [6.45, 7) is -0.00210. The maximum absolute atomic E-state index is 13.1. The highest BCUT2D eigenvalue weighted by atomic mass is 32.1. The number of nitrogens with zero attached hydrogens (tertiary/aromatic N) is 3. The van der Waals surface area contributed by atoms with E-state index in [1.165, 1.54) is 30.6 Å². The van der Waals surface area contributed by atoms with Crippen molar-refractivity contribution in [3.8, 4) is 22.0 Å². The maximum atomic E-state index is 13.1. The first-order valence-electron chi connectivity index (χ1n) is 8.70. The van der Waals surface area contributed by atoms with Gasteiger partial charge in [-0.1, -0.05) is 18.2 Å². The van der Waals surface area contributed by atoms with Gasteiger partial charge in [-0.3, -0.25) is 0 Å². The Kier molecular flexibility index (Phi) is 5.35. The summed E-state index contributed by atoms with van der Waals surface area (Å²) >= 11 is 1.40. The zero-order chi connectivity index (χ0) is 20.2. The molecular formula is C21H16FN3O3S. The molecule has 0 saturated heterocycles. The highest BCUT2D eigenvalue weighted by Crippen LogP contribution is 2.25. The Morgan fingerprint density at radius 1 is 1.14 bits per heavy atom. The molecule has 0 unspecified atom stereocenters. The number of aromatic nitrogens is 3. The molecule has 6 nitrogen and oxygen atoms in total. The fraction of sp³-hybridized carbons (Fsp3) is 0.0952. The Morgan fingerprint density at radius 2 is 1.90 bits per heavy atom. The highest BCUT2D eigenvalue weighted by molar-refractivity contribution is 7.13. The smallest absolute Gasteiger partial charge is 0.363 e. The quantitative estimate of drug-likeness (QED) is 0.439. The van der Waals surface area contributed by atoms with E-state index in [0.717, 1.165) is 16.3 Å². The van der Waals surface area contributed by atoms with Gasteiger partial charge in [-0.05, 0) is 36.4 Å². The van der Waals surface area contributed by atoms with Gasteiger partial charge in [0.05, 0.1) is 24.7 Å². The number of hydrogen-bond acceptors (Lipinski definition) is 6. The second kappa shape index (κ2) is 8.24. The summed E-state index contributed by atoms with van der Waals surface area (Å²) in [6.07, 6.45) is 1.63. The fourth-order valence-electron chi connectivity index (χ4n) is 2.67. The molecule has 29 heavy (non-hydrogen) atoms. The Morgan fingerprint density at radius 3 is 2.62 bits per heavy atom. The first-order chi connectivity index (χ1) is 14.1. The summed E-state index contributed by atoms with van der Waals surface area (Å²) in [5, 5.41) is 6.81. The van der Waals surface area contributed by atoms with Crippen molar-refractivity contribution >= 4 is 17.3 Å². The van der Waals surface area contributed by atoms with Gasteiger partial charge in [0.25, 0.3) is 0 Å². The molecule has 0 spiro atoms. The molecule has 0 bridgehead atoms. The third kappa shape index (κ3) is 4.17. The van der Waals surface area contributed by atoms with Gasteiger partial charge in [-0.15, -0.1) is 11.3 Å². The average Bonchev–Trinajstić information content (AvgIpc) is 3.40. The van der Waals surface area contributed by atoms with Crippen molar-refractivity contribution in [2.45, 2.75) is 6.61 Å². The molecule has 4 rings (SSSR count).